The monoisotopic (exact) mass is 403 g/mol. The van der Waals surface area contributed by atoms with Crippen LogP contribution < -0.4 is 16.0 Å². The number of nitrogens with one attached hydrogen (secondary N) is 3. The van der Waals surface area contributed by atoms with Gasteiger partial charge in [0.1, 0.15) is 5.82 Å². The zero-order valence-corrected chi connectivity index (χ0v) is 18.0. The lowest BCUT2D eigenvalue weighted by molar-refractivity contribution is 0.102. The van der Waals surface area contributed by atoms with Crippen molar-refractivity contribution in [1.29, 1.82) is 0 Å². The largest absolute Gasteiger partial charge is 0.384 e. The van der Waals surface area contributed by atoms with E-state index in [1.54, 1.807) is 30.7 Å². The predicted molar refractivity (Wildman–Crippen MR) is 123 cm³/mol. The van der Waals surface area contributed by atoms with Crippen LogP contribution in [0.5, 0.6) is 0 Å². The number of carbonyl (C=O) groups is 1. The van der Waals surface area contributed by atoms with Crippen LogP contribution in [0.3, 0.4) is 0 Å². The molecule has 6 nitrogen and oxygen atoms in total. The molecular formula is C24H29N5O. The summed E-state index contributed by atoms with van der Waals surface area (Å²) in [6.45, 7) is 9.88. The summed E-state index contributed by atoms with van der Waals surface area (Å²) in [5.74, 6) is 0.361. The zero-order chi connectivity index (χ0) is 21.6. The molecule has 0 unspecified atom stereocenters. The topological polar surface area (TPSA) is 78.9 Å². The molecule has 1 amide bonds. The van der Waals surface area contributed by atoms with E-state index in [1.165, 1.54) is 5.56 Å². The first-order valence-corrected chi connectivity index (χ1v) is 10.3. The summed E-state index contributed by atoms with van der Waals surface area (Å²) in [6, 6.07) is 13.4. The second kappa shape index (κ2) is 9.39. The van der Waals surface area contributed by atoms with Gasteiger partial charge in [0, 0.05) is 48.5 Å². The molecule has 2 aromatic heterocycles. The van der Waals surface area contributed by atoms with Crippen LogP contribution in [0.1, 0.15) is 49.2 Å². The van der Waals surface area contributed by atoms with E-state index in [-0.39, 0.29) is 11.3 Å². The van der Waals surface area contributed by atoms with Gasteiger partial charge in [-0.2, -0.15) is 0 Å². The number of pyridine rings is 2. The molecule has 3 N–H and O–H groups in total. The minimum absolute atomic E-state index is 0.102. The van der Waals surface area contributed by atoms with Crippen molar-refractivity contribution in [3.05, 3.63) is 77.7 Å². The average Bonchev–Trinajstić information content (AvgIpc) is 3.08. The minimum Gasteiger partial charge on any atom is -0.384 e. The van der Waals surface area contributed by atoms with Crippen LogP contribution in [0.4, 0.5) is 17.2 Å². The van der Waals surface area contributed by atoms with Gasteiger partial charge in [-0.3, -0.25) is 9.78 Å². The number of fused-ring (bicyclic) bond motifs is 1. The number of hydrogen-bond acceptors (Lipinski definition) is 5. The summed E-state index contributed by atoms with van der Waals surface area (Å²) in [4.78, 5) is 21.2. The Morgan fingerprint density at radius 1 is 1.10 bits per heavy atom. The van der Waals surface area contributed by atoms with Crippen molar-refractivity contribution in [3.63, 3.8) is 0 Å². The van der Waals surface area contributed by atoms with Crippen LogP contribution in [0.15, 0.2) is 61.1 Å². The second-order valence-electron chi connectivity index (χ2n) is 7.56. The van der Waals surface area contributed by atoms with Gasteiger partial charge in [-0.25, -0.2) is 4.98 Å². The molecule has 3 aromatic rings. The Kier molecular flexibility index (Phi) is 6.67. The van der Waals surface area contributed by atoms with E-state index in [2.05, 4.69) is 45.8 Å². The Morgan fingerprint density at radius 3 is 2.63 bits per heavy atom. The molecule has 30 heavy (non-hydrogen) atoms. The van der Waals surface area contributed by atoms with Crippen molar-refractivity contribution in [2.45, 2.75) is 39.7 Å². The summed E-state index contributed by atoms with van der Waals surface area (Å²) in [5.41, 5.74) is 4.78. The van der Waals surface area contributed by atoms with Crippen LogP contribution in [-0.4, -0.2) is 22.4 Å². The fourth-order valence-corrected chi connectivity index (χ4v) is 3.38. The number of hydrogen-bond donors (Lipinski definition) is 3. The highest BCUT2D eigenvalue weighted by Crippen LogP contribution is 2.37. The Balaban J connectivity index is 0.00000124. The third kappa shape index (κ3) is 4.76. The molecule has 156 valence electrons. The molecule has 0 aliphatic carbocycles. The molecule has 0 saturated carbocycles. The molecule has 6 heteroatoms. The normalized spacial score (nSPS) is 13.3. The molecule has 0 spiro atoms. The van der Waals surface area contributed by atoms with Gasteiger partial charge in [0.2, 0.25) is 0 Å². The van der Waals surface area contributed by atoms with E-state index in [1.807, 2.05) is 38.1 Å². The van der Waals surface area contributed by atoms with Crippen molar-refractivity contribution in [2.75, 3.05) is 22.5 Å². The van der Waals surface area contributed by atoms with Gasteiger partial charge < -0.3 is 16.0 Å². The fraction of sp³-hybridized carbons (Fsp3) is 0.292. The smallest absolute Gasteiger partial charge is 0.259 e. The summed E-state index contributed by atoms with van der Waals surface area (Å²) in [6.07, 6.45) is 5.16. The Labute approximate surface area is 178 Å². The second-order valence-corrected chi connectivity index (χ2v) is 7.56. The van der Waals surface area contributed by atoms with Gasteiger partial charge in [-0.05, 0) is 47.5 Å². The highest BCUT2D eigenvalue weighted by Gasteiger charge is 2.29. The molecule has 1 aliphatic rings. The predicted octanol–water partition coefficient (Wildman–Crippen LogP) is 5.07. The zero-order valence-electron chi connectivity index (χ0n) is 18.0. The summed E-state index contributed by atoms with van der Waals surface area (Å²) >= 11 is 0. The number of anilines is 3. The number of carbonyl (C=O) groups excluding carboxylic acids is 1. The number of aromatic nitrogens is 2. The van der Waals surface area contributed by atoms with Crippen LogP contribution in [0.25, 0.3) is 0 Å². The lowest BCUT2D eigenvalue weighted by atomic mass is 9.87. The van der Waals surface area contributed by atoms with E-state index >= 15 is 0 Å². The van der Waals surface area contributed by atoms with E-state index in [0.717, 1.165) is 23.5 Å². The van der Waals surface area contributed by atoms with E-state index in [0.29, 0.717) is 17.9 Å². The summed E-state index contributed by atoms with van der Waals surface area (Å²) in [5, 5.41) is 9.63. The van der Waals surface area contributed by atoms with Crippen LogP contribution >= 0.6 is 0 Å². The maximum absolute atomic E-state index is 12.9. The molecule has 1 aliphatic heterocycles. The lowest BCUT2D eigenvalue weighted by Crippen LogP contribution is -2.18. The highest BCUT2D eigenvalue weighted by molar-refractivity contribution is 6.07. The summed E-state index contributed by atoms with van der Waals surface area (Å²) < 4.78 is 0. The van der Waals surface area contributed by atoms with Crippen molar-refractivity contribution in [3.8, 4) is 0 Å². The Hall–Kier alpha value is -3.41. The van der Waals surface area contributed by atoms with Gasteiger partial charge in [-0.1, -0.05) is 33.8 Å². The minimum atomic E-state index is -0.192. The molecule has 4 rings (SSSR count). The van der Waals surface area contributed by atoms with Gasteiger partial charge in [0.05, 0.1) is 5.56 Å². The SMILES string of the molecule is CC.CC1(C)CNc2cc(NC(=O)c3cccnc3NCc3ccncc3)ccc21. The lowest BCUT2D eigenvalue weighted by Gasteiger charge is -2.17. The molecule has 0 bridgehead atoms. The van der Waals surface area contributed by atoms with E-state index in [4.69, 9.17) is 0 Å². The molecular weight excluding hydrogens is 374 g/mol. The number of benzene rings is 1. The standard InChI is InChI=1S/C22H23N5O.C2H6/c1-22(2)14-26-19-12-16(5-6-18(19)22)27-21(28)17-4-3-9-24-20(17)25-13-15-7-10-23-11-8-15;1-2/h3-12,26H,13-14H2,1-2H3,(H,24,25)(H,27,28);1-2H3. The Morgan fingerprint density at radius 2 is 1.87 bits per heavy atom. The van der Waals surface area contributed by atoms with Crippen LogP contribution in [-0.2, 0) is 12.0 Å². The molecule has 0 saturated heterocycles. The first-order valence-electron chi connectivity index (χ1n) is 10.3. The quantitative estimate of drug-likeness (QED) is 0.554. The Bertz CT molecular complexity index is 1000. The third-order valence-electron chi connectivity index (χ3n) is 4.99. The van der Waals surface area contributed by atoms with Gasteiger partial charge in [0.25, 0.3) is 5.91 Å². The first kappa shape index (κ1) is 21.3. The third-order valence-corrected chi connectivity index (χ3v) is 4.99. The fourth-order valence-electron chi connectivity index (χ4n) is 3.38. The van der Waals surface area contributed by atoms with Gasteiger partial charge in [0.15, 0.2) is 0 Å². The summed E-state index contributed by atoms with van der Waals surface area (Å²) in [7, 11) is 0. The maximum Gasteiger partial charge on any atom is 0.259 e. The number of nitrogens with zero attached hydrogens (tertiary/aromatic N) is 2. The first-order chi connectivity index (χ1) is 14.5. The maximum atomic E-state index is 12.9. The van der Waals surface area contributed by atoms with E-state index < -0.39 is 0 Å². The molecule has 0 atom stereocenters. The van der Waals surface area contributed by atoms with Crippen molar-refractivity contribution < 1.29 is 4.79 Å². The van der Waals surface area contributed by atoms with Gasteiger partial charge in [-0.15, -0.1) is 0 Å². The number of rotatable bonds is 5. The van der Waals surface area contributed by atoms with Crippen LogP contribution in [0, 0.1) is 0 Å². The number of amides is 1. The molecule has 0 fully saturated rings. The molecule has 1 aromatic carbocycles. The van der Waals surface area contributed by atoms with Crippen molar-refractivity contribution in [1.82, 2.24) is 9.97 Å². The molecule has 0 radical (unpaired) electrons. The van der Waals surface area contributed by atoms with E-state index in [9.17, 15) is 4.79 Å². The van der Waals surface area contributed by atoms with Crippen molar-refractivity contribution >= 4 is 23.1 Å². The highest BCUT2D eigenvalue weighted by atomic mass is 16.1. The van der Waals surface area contributed by atoms with Gasteiger partial charge >= 0.3 is 0 Å². The average molecular weight is 404 g/mol. The molecule has 3 heterocycles. The van der Waals surface area contributed by atoms with Crippen LogP contribution in [0.2, 0.25) is 0 Å². The van der Waals surface area contributed by atoms with Crippen molar-refractivity contribution in [2.24, 2.45) is 0 Å².